The second kappa shape index (κ2) is 6.92. The van der Waals surface area contributed by atoms with E-state index < -0.39 is 11.9 Å². The summed E-state index contributed by atoms with van der Waals surface area (Å²) in [7, 11) is 0. The van der Waals surface area contributed by atoms with Crippen LogP contribution in [-0.4, -0.2) is 18.5 Å². The van der Waals surface area contributed by atoms with Crippen LogP contribution in [0, 0.1) is 6.92 Å². The molecule has 4 heteroatoms. The highest BCUT2D eigenvalue weighted by atomic mass is 16.5. The zero-order chi connectivity index (χ0) is 14.4. The van der Waals surface area contributed by atoms with Crippen LogP contribution in [0.25, 0.3) is 0 Å². The molecule has 0 radical (unpaired) electrons. The molecule has 0 aromatic heterocycles. The molecule has 0 aliphatic heterocycles. The van der Waals surface area contributed by atoms with Gasteiger partial charge in [-0.2, -0.15) is 0 Å². The summed E-state index contributed by atoms with van der Waals surface area (Å²) in [6.45, 7) is 8.42. The molecule has 1 aromatic carbocycles. The van der Waals surface area contributed by atoms with Crippen molar-refractivity contribution in [2.75, 3.05) is 6.61 Å². The van der Waals surface area contributed by atoms with Crippen molar-refractivity contribution in [1.82, 2.24) is 5.32 Å². The van der Waals surface area contributed by atoms with Gasteiger partial charge < -0.3 is 10.1 Å². The Bertz CT molecular complexity index is 466. The van der Waals surface area contributed by atoms with E-state index in [1.165, 1.54) is 5.56 Å². The summed E-state index contributed by atoms with van der Waals surface area (Å²) in [6, 6.07) is 6.17. The summed E-state index contributed by atoms with van der Waals surface area (Å²) in [5.41, 5.74) is 3.32. The van der Waals surface area contributed by atoms with Crippen LogP contribution in [0.1, 0.15) is 43.4 Å². The fourth-order valence-electron chi connectivity index (χ4n) is 1.69. The number of rotatable bonds is 4. The van der Waals surface area contributed by atoms with E-state index in [1.54, 1.807) is 6.92 Å². The van der Waals surface area contributed by atoms with Crippen LogP contribution < -0.4 is 5.32 Å². The van der Waals surface area contributed by atoms with E-state index in [-0.39, 0.29) is 6.61 Å². The van der Waals surface area contributed by atoms with Gasteiger partial charge in [0.2, 0.25) is 0 Å². The third-order valence-corrected chi connectivity index (χ3v) is 2.94. The highest BCUT2D eigenvalue weighted by Crippen LogP contribution is 2.18. The van der Waals surface area contributed by atoms with Gasteiger partial charge in [-0.15, -0.1) is 0 Å². The van der Waals surface area contributed by atoms with Gasteiger partial charge in [0.05, 0.1) is 6.61 Å². The van der Waals surface area contributed by atoms with Crippen LogP contribution in [-0.2, 0) is 20.9 Å². The molecule has 19 heavy (non-hydrogen) atoms. The highest BCUT2D eigenvalue weighted by Gasteiger charge is 2.14. The van der Waals surface area contributed by atoms with Crippen molar-refractivity contribution in [1.29, 1.82) is 0 Å². The lowest BCUT2D eigenvalue weighted by Gasteiger charge is -2.12. The van der Waals surface area contributed by atoms with E-state index >= 15 is 0 Å². The van der Waals surface area contributed by atoms with Gasteiger partial charge in [0.15, 0.2) is 0 Å². The molecule has 0 saturated carbocycles. The van der Waals surface area contributed by atoms with Crippen LogP contribution >= 0.6 is 0 Å². The molecule has 1 N–H and O–H groups in total. The number of amides is 1. The molecule has 4 nitrogen and oxygen atoms in total. The zero-order valence-corrected chi connectivity index (χ0v) is 11.9. The molecule has 0 saturated heterocycles. The van der Waals surface area contributed by atoms with Crippen LogP contribution in [0.3, 0.4) is 0 Å². The summed E-state index contributed by atoms with van der Waals surface area (Å²) in [6.07, 6.45) is 0. The summed E-state index contributed by atoms with van der Waals surface area (Å²) >= 11 is 0. The SMILES string of the molecule is CCOC(=O)C(=O)NCc1cc(C(C)C)ccc1C. The lowest BCUT2D eigenvalue weighted by atomic mass is 9.98. The number of carbonyl (C=O) groups excluding carboxylic acids is 2. The zero-order valence-electron chi connectivity index (χ0n) is 11.9. The summed E-state index contributed by atoms with van der Waals surface area (Å²) in [5.74, 6) is -1.10. The Morgan fingerprint density at radius 3 is 2.58 bits per heavy atom. The van der Waals surface area contributed by atoms with Crippen molar-refractivity contribution in [2.24, 2.45) is 0 Å². The monoisotopic (exact) mass is 263 g/mol. The Labute approximate surface area is 114 Å². The number of benzene rings is 1. The van der Waals surface area contributed by atoms with E-state index in [0.717, 1.165) is 11.1 Å². The smallest absolute Gasteiger partial charge is 0.396 e. The number of esters is 1. The van der Waals surface area contributed by atoms with Gasteiger partial charge in [-0.05, 0) is 36.5 Å². The van der Waals surface area contributed by atoms with Crippen molar-refractivity contribution in [3.05, 3.63) is 34.9 Å². The number of hydrogen-bond acceptors (Lipinski definition) is 3. The van der Waals surface area contributed by atoms with E-state index in [2.05, 4.69) is 36.0 Å². The standard InChI is InChI=1S/C15H21NO3/c1-5-19-15(18)14(17)16-9-13-8-12(10(2)3)7-6-11(13)4/h6-8,10H,5,9H2,1-4H3,(H,16,17). The van der Waals surface area contributed by atoms with Gasteiger partial charge in [-0.3, -0.25) is 4.79 Å². The highest BCUT2D eigenvalue weighted by molar-refractivity contribution is 6.32. The Morgan fingerprint density at radius 1 is 1.32 bits per heavy atom. The maximum Gasteiger partial charge on any atom is 0.396 e. The minimum absolute atomic E-state index is 0.202. The number of nitrogens with one attached hydrogen (secondary N) is 1. The molecule has 0 unspecified atom stereocenters. The normalized spacial score (nSPS) is 10.4. The quantitative estimate of drug-likeness (QED) is 0.670. The molecular formula is C15H21NO3. The predicted molar refractivity (Wildman–Crippen MR) is 73.7 cm³/mol. The van der Waals surface area contributed by atoms with E-state index in [1.807, 2.05) is 13.0 Å². The molecule has 0 fully saturated rings. The molecule has 1 amide bonds. The predicted octanol–water partition coefficient (Wildman–Crippen LogP) is 2.30. The van der Waals surface area contributed by atoms with Crippen molar-refractivity contribution in [2.45, 2.75) is 40.2 Å². The second-order valence-electron chi connectivity index (χ2n) is 4.74. The average Bonchev–Trinajstić information content (AvgIpc) is 2.37. The van der Waals surface area contributed by atoms with Crippen LogP contribution in [0.15, 0.2) is 18.2 Å². The van der Waals surface area contributed by atoms with Gasteiger partial charge in [0, 0.05) is 6.54 Å². The molecule has 1 rings (SSSR count). The largest absolute Gasteiger partial charge is 0.459 e. The van der Waals surface area contributed by atoms with Gasteiger partial charge in [0.25, 0.3) is 0 Å². The summed E-state index contributed by atoms with van der Waals surface area (Å²) < 4.78 is 4.63. The Morgan fingerprint density at radius 2 is 2.00 bits per heavy atom. The molecule has 0 aliphatic rings. The number of hydrogen-bond donors (Lipinski definition) is 1. The van der Waals surface area contributed by atoms with Crippen molar-refractivity contribution < 1.29 is 14.3 Å². The van der Waals surface area contributed by atoms with Crippen LogP contribution in [0.5, 0.6) is 0 Å². The fraction of sp³-hybridized carbons (Fsp3) is 0.467. The molecule has 0 spiro atoms. The minimum Gasteiger partial charge on any atom is -0.459 e. The third-order valence-electron chi connectivity index (χ3n) is 2.94. The summed E-state index contributed by atoms with van der Waals surface area (Å²) in [5, 5.41) is 2.58. The second-order valence-corrected chi connectivity index (χ2v) is 4.74. The van der Waals surface area contributed by atoms with Crippen molar-refractivity contribution >= 4 is 11.9 Å². The first-order valence-electron chi connectivity index (χ1n) is 6.50. The first kappa shape index (κ1) is 15.2. The Kier molecular flexibility index (Phi) is 5.55. The number of carbonyl (C=O) groups is 2. The molecule has 104 valence electrons. The maximum absolute atomic E-state index is 11.5. The molecule has 0 heterocycles. The van der Waals surface area contributed by atoms with Crippen LogP contribution in [0.2, 0.25) is 0 Å². The molecular weight excluding hydrogens is 242 g/mol. The Hall–Kier alpha value is -1.84. The fourth-order valence-corrected chi connectivity index (χ4v) is 1.69. The van der Waals surface area contributed by atoms with Gasteiger partial charge in [-0.1, -0.05) is 32.0 Å². The topological polar surface area (TPSA) is 55.4 Å². The van der Waals surface area contributed by atoms with Gasteiger partial charge >= 0.3 is 11.9 Å². The average molecular weight is 263 g/mol. The molecule has 0 bridgehead atoms. The van der Waals surface area contributed by atoms with E-state index in [9.17, 15) is 9.59 Å². The van der Waals surface area contributed by atoms with Crippen molar-refractivity contribution in [3.8, 4) is 0 Å². The molecule has 0 atom stereocenters. The van der Waals surface area contributed by atoms with E-state index in [0.29, 0.717) is 12.5 Å². The minimum atomic E-state index is -0.833. The Balaban J connectivity index is 2.69. The lowest BCUT2D eigenvalue weighted by molar-refractivity contribution is -0.154. The maximum atomic E-state index is 11.5. The first-order valence-corrected chi connectivity index (χ1v) is 6.50. The van der Waals surface area contributed by atoms with Gasteiger partial charge in [0.1, 0.15) is 0 Å². The molecule has 1 aromatic rings. The van der Waals surface area contributed by atoms with Gasteiger partial charge in [-0.25, -0.2) is 4.79 Å². The van der Waals surface area contributed by atoms with Crippen LogP contribution in [0.4, 0.5) is 0 Å². The first-order chi connectivity index (χ1) is 8.95. The number of ether oxygens (including phenoxy) is 1. The lowest BCUT2D eigenvalue weighted by Crippen LogP contribution is -2.32. The van der Waals surface area contributed by atoms with Crippen molar-refractivity contribution in [3.63, 3.8) is 0 Å². The third kappa shape index (κ3) is 4.39. The number of aryl methyl sites for hydroxylation is 1. The molecule has 0 aliphatic carbocycles. The van der Waals surface area contributed by atoms with E-state index in [4.69, 9.17) is 0 Å². The summed E-state index contributed by atoms with van der Waals surface area (Å²) in [4.78, 5) is 22.6.